The standard InChI is InChI=1S/C13H23N3O3S/c1-3-16-8-4-5-11(10-16)15-20(17,18)13-7-6-12(19-13)9-14-2/h6-7,11,14-15H,3-5,8-10H2,1-2H3. The molecule has 0 amide bonds. The molecule has 1 atom stereocenters. The number of nitrogens with zero attached hydrogens (tertiary/aromatic N) is 1. The van der Waals surface area contributed by atoms with E-state index in [0.29, 0.717) is 12.3 Å². The van der Waals surface area contributed by atoms with Gasteiger partial charge in [0.2, 0.25) is 5.09 Å². The highest BCUT2D eigenvalue weighted by Gasteiger charge is 2.26. The summed E-state index contributed by atoms with van der Waals surface area (Å²) >= 11 is 0. The molecule has 1 fully saturated rings. The topological polar surface area (TPSA) is 74.6 Å². The first kappa shape index (κ1) is 15.5. The zero-order valence-electron chi connectivity index (χ0n) is 12.1. The summed E-state index contributed by atoms with van der Waals surface area (Å²) in [6, 6.07) is 3.16. The summed E-state index contributed by atoms with van der Waals surface area (Å²) in [7, 11) is -1.77. The van der Waals surface area contributed by atoms with E-state index in [1.807, 2.05) is 0 Å². The van der Waals surface area contributed by atoms with Crippen LogP contribution >= 0.6 is 0 Å². The van der Waals surface area contributed by atoms with Crippen molar-refractivity contribution in [1.82, 2.24) is 14.9 Å². The summed E-state index contributed by atoms with van der Waals surface area (Å²) in [5.41, 5.74) is 0. The van der Waals surface area contributed by atoms with Crippen LogP contribution in [0.5, 0.6) is 0 Å². The highest BCUT2D eigenvalue weighted by molar-refractivity contribution is 7.89. The Kier molecular flexibility index (Phi) is 5.20. The second-order valence-corrected chi connectivity index (χ2v) is 6.75. The number of sulfonamides is 1. The van der Waals surface area contributed by atoms with E-state index >= 15 is 0 Å². The highest BCUT2D eigenvalue weighted by Crippen LogP contribution is 2.17. The summed E-state index contributed by atoms with van der Waals surface area (Å²) < 4.78 is 32.6. The SMILES string of the molecule is CCN1CCCC(NS(=O)(=O)c2ccc(CNC)o2)C1. The van der Waals surface area contributed by atoms with Crippen molar-refractivity contribution in [3.8, 4) is 0 Å². The van der Waals surface area contributed by atoms with Crippen LogP contribution in [0.4, 0.5) is 0 Å². The van der Waals surface area contributed by atoms with E-state index < -0.39 is 10.0 Å². The Balaban J connectivity index is 2.02. The molecule has 0 aliphatic carbocycles. The van der Waals surface area contributed by atoms with Crippen molar-refractivity contribution in [2.75, 3.05) is 26.7 Å². The van der Waals surface area contributed by atoms with E-state index in [-0.39, 0.29) is 11.1 Å². The summed E-state index contributed by atoms with van der Waals surface area (Å²) in [6.45, 7) is 5.36. The van der Waals surface area contributed by atoms with Gasteiger partial charge in [-0.25, -0.2) is 13.1 Å². The second kappa shape index (κ2) is 6.71. The number of likely N-dealkylation sites (N-methyl/N-ethyl adjacent to an activating group) is 1. The van der Waals surface area contributed by atoms with Gasteiger partial charge in [0.15, 0.2) is 0 Å². The largest absolute Gasteiger partial charge is 0.447 e. The van der Waals surface area contributed by atoms with Gasteiger partial charge in [0.1, 0.15) is 5.76 Å². The molecule has 1 aliphatic rings. The van der Waals surface area contributed by atoms with E-state index in [9.17, 15) is 8.42 Å². The third-order valence-electron chi connectivity index (χ3n) is 3.53. The molecule has 0 bridgehead atoms. The third-order valence-corrected chi connectivity index (χ3v) is 4.92. The van der Waals surface area contributed by atoms with E-state index in [4.69, 9.17) is 4.42 Å². The van der Waals surface area contributed by atoms with Crippen molar-refractivity contribution in [2.45, 2.75) is 37.4 Å². The molecule has 114 valence electrons. The number of nitrogens with one attached hydrogen (secondary N) is 2. The van der Waals surface area contributed by atoms with Gasteiger partial charge in [0.05, 0.1) is 6.54 Å². The molecular weight excluding hydrogens is 278 g/mol. The summed E-state index contributed by atoms with van der Waals surface area (Å²) in [4.78, 5) is 2.26. The fourth-order valence-corrected chi connectivity index (χ4v) is 3.70. The van der Waals surface area contributed by atoms with E-state index in [0.717, 1.165) is 32.5 Å². The lowest BCUT2D eigenvalue weighted by molar-refractivity contribution is 0.211. The van der Waals surface area contributed by atoms with Crippen LogP contribution in [-0.4, -0.2) is 46.0 Å². The maximum absolute atomic E-state index is 12.3. The molecule has 0 radical (unpaired) electrons. The van der Waals surface area contributed by atoms with Gasteiger partial charge in [-0.3, -0.25) is 0 Å². The summed E-state index contributed by atoms with van der Waals surface area (Å²) in [5, 5.41) is 2.92. The number of piperidine rings is 1. The molecule has 2 rings (SSSR count). The summed E-state index contributed by atoms with van der Waals surface area (Å²) in [6.07, 6.45) is 1.89. The van der Waals surface area contributed by atoms with Crippen LogP contribution in [0, 0.1) is 0 Å². The predicted molar refractivity (Wildman–Crippen MR) is 76.9 cm³/mol. The van der Waals surface area contributed by atoms with Crippen molar-refractivity contribution in [2.24, 2.45) is 0 Å². The average molecular weight is 301 g/mol. The van der Waals surface area contributed by atoms with Gasteiger partial charge >= 0.3 is 0 Å². The van der Waals surface area contributed by atoms with Gasteiger partial charge in [-0.1, -0.05) is 6.92 Å². The molecule has 1 saturated heterocycles. The maximum atomic E-state index is 12.3. The van der Waals surface area contributed by atoms with Crippen LogP contribution in [0.25, 0.3) is 0 Å². The molecule has 1 unspecified atom stereocenters. The molecule has 0 aromatic carbocycles. The first-order valence-electron chi connectivity index (χ1n) is 7.03. The van der Waals surface area contributed by atoms with Gasteiger partial charge in [-0.15, -0.1) is 0 Å². The first-order valence-corrected chi connectivity index (χ1v) is 8.51. The lowest BCUT2D eigenvalue weighted by Crippen LogP contribution is -2.47. The fraction of sp³-hybridized carbons (Fsp3) is 0.692. The Morgan fingerprint density at radius 3 is 2.95 bits per heavy atom. The Hall–Kier alpha value is -0.890. The highest BCUT2D eigenvalue weighted by atomic mass is 32.2. The van der Waals surface area contributed by atoms with Crippen molar-refractivity contribution >= 4 is 10.0 Å². The van der Waals surface area contributed by atoms with Gasteiger partial charge in [-0.05, 0) is 45.1 Å². The first-order chi connectivity index (χ1) is 9.55. The normalized spacial score (nSPS) is 21.2. The fourth-order valence-electron chi connectivity index (χ4n) is 2.49. The van der Waals surface area contributed by atoms with Crippen LogP contribution in [0.2, 0.25) is 0 Å². The number of likely N-dealkylation sites (tertiary alicyclic amines) is 1. The molecular formula is C13H23N3O3S. The third kappa shape index (κ3) is 3.82. The quantitative estimate of drug-likeness (QED) is 0.811. The smallest absolute Gasteiger partial charge is 0.274 e. The molecule has 2 heterocycles. The molecule has 1 aromatic rings. The molecule has 1 aliphatic heterocycles. The van der Waals surface area contributed by atoms with Crippen molar-refractivity contribution < 1.29 is 12.8 Å². The summed E-state index contributed by atoms with van der Waals surface area (Å²) in [5.74, 6) is 0.617. The number of rotatable bonds is 6. The van der Waals surface area contributed by atoms with Crippen molar-refractivity contribution in [1.29, 1.82) is 0 Å². The Morgan fingerprint density at radius 2 is 2.25 bits per heavy atom. The number of hydrogen-bond donors (Lipinski definition) is 2. The van der Waals surface area contributed by atoms with Gasteiger partial charge in [0.25, 0.3) is 10.0 Å². The molecule has 2 N–H and O–H groups in total. The minimum atomic E-state index is -3.56. The predicted octanol–water partition coefficient (Wildman–Crippen LogP) is 0.762. The van der Waals surface area contributed by atoms with Crippen LogP contribution in [-0.2, 0) is 16.6 Å². The monoisotopic (exact) mass is 301 g/mol. The zero-order chi connectivity index (χ0) is 14.6. The lowest BCUT2D eigenvalue weighted by Gasteiger charge is -2.31. The molecule has 0 spiro atoms. The average Bonchev–Trinajstić information content (AvgIpc) is 2.88. The Bertz CT molecular complexity index is 527. The van der Waals surface area contributed by atoms with Crippen molar-refractivity contribution in [3.05, 3.63) is 17.9 Å². The van der Waals surface area contributed by atoms with E-state index in [1.54, 1.807) is 13.1 Å². The molecule has 0 saturated carbocycles. The Labute approximate surface area is 120 Å². The van der Waals surface area contributed by atoms with Crippen LogP contribution in [0.1, 0.15) is 25.5 Å². The Morgan fingerprint density at radius 1 is 1.45 bits per heavy atom. The molecule has 1 aromatic heterocycles. The second-order valence-electron chi connectivity index (χ2n) is 5.10. The van der Waals surface area contributed by atoms with E-state index in [1.165, 1.54) is 6.07 Å². The van der Waals surface area contributed by atoms with Gasteiger partial charge < -0.3 is 14.6 Å². The minimum Gasteiger partial charge on any atom is -0.447 e. The minimum absolute atomic E-state index is 0.00336. The van der Waals surface area contributed by atoms with Crippen LogP contribution in [0.15, 0.2) is 21.6 Å². The van der Waals surface area contributed by atoms with Crippen LogP contribution < -0.4 is 10.0 Å². The molecule has 6 nitrogen and oxygen atoms in total. The van der Waals surface area contributed by atoms with Crippen molar-refractivity contribution in [3.63, 3.8) is 0 Å². The number of hydrogen-bond acceptors (Lipinski definition) is 5. The van der Waals surface area contributed by atoms with Crippen LogP contribution in [0.3, 0.4) is 0 Å². The molecule has 20 heavy (non-hydrogen) atoms. The van der Waals surface area contributed by atoms with Gasteiger partial charge in [-0.2, -0.15) is 0 Å². The number of furan rings is 1. The molecule has 7 heteroatoms. The lowest BCUT2D eigenvalue weighted by atomic mass is 10.1. The maximum Gasteiger partial charge on any atom is 0.274 e. The zero-order valence-corrected chi connectivity index (χ0v) is 12.9. The van der Waals surface area contributed by atoms with Gasteiger partial charge in [0, 0.05) is 12.6 Å². The van der Waals surface area contributed by atoms with E-state index in [2.05, 4.69) is 21.9 Å².